The maximum absolute atomic E-state index is 13.1. The Morgan fingerprint density at radius 2 is 2.10 bits per heavy atom. The molecular weight excluding hydrogens is 372 g/mol. The summed E-state index contributed by atoms with van der Waals surface area (Å²) in [5.41, 5.74) is 3.47. The molecule has 0 radical (unpaired) electrons. The second-order valence-electron chi connectivity index (χ2n) is 6.96. The van der Waals surface area contributed by atoms with Crippen molar-refractivity contribution in [3.05, 3.63) is 53.0 Å². The van der Waals surface area contributed by atoms with E-state index in [0.29, 0.717) is 38.4 Å². The first-order valence-electron chi connectivity index (χ1n) is 9.74. The Morgan fingerprint density at radius 1 is 1.28 bits per heavy atom. The number of rotatable bonds is 6. The maximum atomic E-state index is 13.1. The highest BCUT2D eigenvalue weighted by molar-refractivity contribution is 5.98. The van der Waals surface area contributed by atoms with Gasteiger partial charge in [-0.1, -0.05) is 18.2 Å². The van der Waals surface area contributed by atoms with Crippen LogP contribution in [0.4, 0.5) is 0 Å². The molecular formula is C21H24N4O4. The molecule has 8 nitrogen and oxygen atoms in total. The maximum Gasteiger partial charge on any atom is 0.359 e. The molecule has 2 aromatic heterocycles. The van der Waals surface area contributed by atoms with Crippen molar-refractivity contribution in [2.45, 2.75) is 26.4 Å². The fourth-order valence-electron chi connectivity index (χ4n) is 3.75. The predicted molar refractivity (Wildman–Crippen MR) is 107 cm³/mol. The Hall–Kier alpha value is -3.13. The molecule has 1 aromatic carbocycles. The molecule has 0 spiro atoms. The van der Waals surface area contributed by atoms with Crippen LogP contribution >= 0.6 is 0 Å². The minimum atomic E-state index is -0.458. The first-order valence-corrected chi connectivity index (χ1v) is 9.74. The zero-order chi connectivity index (χ0) is 20.4. The second-order valence-corrected chi connectivity index (χ2v) is 6.96. The molecule has 3 aromatic rings. The third-order valence-electron chi connectivity index (χ3n) is 5.16. The number of carbonyl (C=O) groups is 2. The lowest BCUT2D eigenvalue weighted by atomic mass is 10.0. The van der Waals surface area contributed by atoms with Crippen LogP contribution in [0.2, 0.25) is 0 Å². The first-order chi connectivity index (χ1) is 14.1. The van der Waals surface area contributed by atoms with Crippen molar-refractivity contribution in [1.82, 2.24) is 19.7 Å². The van der Waals surface area contributed by atoms with E-state index in [1.165, 1.54) is 0 Å². The van der Waals surface area contributed by atoms with Crippen molar-refractivity contribution in [3.63, 3.8) is 0 Å². The number of nitrogens with zero attached hydrogens (tertiary/aromatic N) is 3. The molecule has 1 aliphatic heterocycles. The number of nitrogens with one attached hydrogen (secondary N) is 1. The van der Waals surface area contributed by atoms with Gasteiger partial charge in [0.1, 0.15) is 5.69 Å². The Bertz CT molecular complexity index is 1020. The molecule has 0 bridgehead atoms. The van der Waals surface area contributed by atoms with Gasteiger partial charge in [0.2, 0.25) is 0 Å². The molecule has 152 valence electrons. The topological polar surface area (TPSA) is 89.4 Å². The van der Waals surface area contributed by atoms with Crippen LogP contribution in [0.1, 0.15) is 39.2 Å². The number of para-hydroxylation sites is 1. The number of hydrogen-bond acceptors (Lipinski definition) is 5. The molecule has 0 unspecified atom stereocenters. The Balaban J connectivity index is 1.63. The van der Waals surface area contributed by atoms with Gasteiger partial charge < -0.3 is 19.4 Å². The fourth-order valence-corrected chi connectivity index (χ4v) is 3.75. The number of esters is 1. The molecule has 1 amide bonds. The highest BCUT2D eigenvalue weighted by Crippen LogP contribution is 2.25. The average molecular weight is 396 g/mol. The highest BCUT2D eigenvalue weighted by atomic mass is 16.5. The lowest BCUT2D eigenvalue weighted by molar-refractivity contribution is 0.0512. The van der Waals surface area contributed by atoms with E-state index in [-0.39, 0.29) is 18.2 Å². The van der Waals surface area contributed by atoms with Gasteiger partial charge in [0, 0.05) is 42.2 Å². The van der Waals surface area contributed by atoms with Gasteiger partial charge in [0.25, 0.3) is 5.91 Å². The zero-order valence-electron chi connectivity index (χ0n) is 16.6. The molecule has 8 heteroatoms. The van der Waals surface area contributed by atoms with Crippen molar-refractivity contribution < 1.29 is 19.1 Å². The SMILES string of the molecule is CCOC(=O)c1nn(CCOC)c2c1CN(C(=O)c1cc3ccccc3[nH]1)CC2. The Labute approximate surface area is 168 Å². The third kappa shape index (κ3) is 3.63. The summed E-state index contributed by atoms with van der Waals surface area (Å²) in [5.74, 6) is -0.550. The predicted octanol–water partition coefficient (Wildman–Crippen LogP) is 2.39. The van der Waals surface area contributed by atoms with Crippen molar-refractivity contribution in [1.29, 1.82) is 0 Å². The van der Waals surface area contributed by atoms with Gasteiger partial charge in [-0.2, -0.15) is 5.10 Å². The first kappa shape index (κ1) is 19.2. The molecule has 4 rings (SSSR count). The Morgan fingerprint density at radius 3 is 2.86 bits per heavy atom. The summed E-state index contributed by atoms with van der Waals surface area (Å²) in [6.45, 7) is 3.96. The molecule has 1 N–H and O–H groups in total. The average Bonchev–Trinajstić information content (AvgIpc) is 3.33. The lowest BCUT2D eigenvalue weighted by Crippen LogP contribution is -2.37. The number of methoxy groups -OCH3 is 1. The molecule has 29 heavy (non-hydrogen) atoms. The van der Waals surface area contributed by atoms with Crippen LogP contribution in [0, 0.1) is 0 Å². The summed E-state index contributed by atoms with van der Waals surface area (Å²) in [6, 6.07) is 9.65. The van der Waals surface area contributed by atoms with Gasteiger partial charge in [-0.15, -0.1) is 0 Å². The van der Waals surface area contributed by atoms with Gasteiger partial charge in [-0.05, 0) is 19.1 Å². The monoisotopic (exact) mass is 396 g/mol. The number of carbonyl (C=O) groups excluding carboxylic acids is 2. The van der Waals surface area contributed by atoms with Crippen LogP contribution in [0.3, 0.4) is 0 Å². The molecule has 0 aliphatic carbocycles. The zero-order valence-corrected chi connectivity index (χ0v) is 16.6. The fraction of sp³-hybridized carbons (Fsp3) is 0.381. The number of ether oxygens (including phenoxy) is 2. The van der Waals surface area contributed by atoms with Crippen LogP contribution in [-0.4, -0.2) is 58.4 Å². The highest BCUT2D eigenvalue weighted by Gasteiger charge is 2.31. The summed E-state index contributed by atoms with van der Waals surface area (Å²) in [7, 11) is 1.63. The van der Waals surface area contributed by atoms with Crippen molar-refractivity contribution >= 4 is 22.8 Å². The number of H-pyrrole nitrogens is 1. The van der Waals surface area contributed by atoms with E-state index < -0.39 is 5.97 Å². The van der Waals surface area contributed by atoms with Gasteiger partial charge in [0.05, 0.1) is 26.3 Å². The summed E-state index contributed by atoms with van der Waals surface area (Å²) >= 11 is 0. The number of benzene rings is 1. The quantitative estimate of drug-likeness (QED) is 0.646. The van der Waals surface area contributed by atoms with E-state index in [1.807, 2.05) is 30.3 Å². The molecule has 0 saturated carbocycles. The van der Waals surface area contributed by atoms with Gasteiger partial charge in [-0.25, -0.2) is 4.79 Å². The van der Waals surface area contributed by atoms with E-state index in [2.05, 4.69) is 10.1 Å². The van der Waals surface area contributed by atoms with Crippen molar-refractivity contribution in [2.75, 3.05) is 26.9 Å². The molecule has 0 atom stereocenters. The number of aromatic nitrogens is 3. The number of fused-ring (bicyclic) bond motifs is 2. The van der Waals surface area contributed by atoms with Gasteiger partial charge >= 0.3 is 5.97 Å². The van der Waals surface area contributed by atoms with E-state index in [0.717, 1.165) is 22.2 Å². The number of aromatic amines is 1. The third-order valence-corrected chi connectivity index (χ3v) is 5.16. The van der Waals surface area contributed by atoms with Crippen molar-refractivity contribution in [2.24, 2.45) is 0 Å². The largest absolute Gasteiger partial charge is 0.461 e. The van der Waals surface area contributed by atoms with E-state index in [4.69, 9.17) is 9.47 Å². The van der Waals surface area contributed by atoms with Gasteiger partial charge in [0.15, 0.2) is 5.69 Å². The minimum absolute atomic E-state index is 0.0914. The van der Waals surface area contributed by atoms with Crippen LogP contribution in [0.5, 0.6) is 0 Å². The normalized spacial score (nSPS) is 13.5. The standard InChI is InChI=1S/C21H24N4O4/c1-3-29-21(27)19-15-13-24(9-8-18(15)25(23-19)10-11-28-2)20(26)17-12-14-6-4-5-7-16(14)22-17/h4-7,12,22H,3,8-11,13H2,1-2H3. The van der Waals surface area contributed by atoms with Crippen LogP contribution in [0.15, 0.2) is 30.3 Å². The molecule has 0 fully saturated rings. The van der Waals surface area contributed by atoms with Crippen LogP contribution < -0.4 is 0 Å². The van der Waals surface area contributed by atoms with Crippen molar-refractivity contribution in [3.8, 4) is 0 Å². The summed E-state index contributed by atoms with van der Waals surface area (Å²) in [5, 5.41) is 5.46. The number of amides is 1. The lowest BCUT2D eigenvalue weighted by Gasteiger charge is -2.27. The van der Waals surface area contributed by atoms with E-state index >= 15 is 0 Å². The molecule has 0 saturated heterocycles. The Kier molecular flexibility index (Phi) is 5.35. The summed E-state index contributed by atoms with van der Waals surface area (Å²) in [6.07, 6.45) is 0.622. The van der Waals surface area contributed by atoms with E-state index in [1.54, 1.807) is 23.6 Å². The smallest absolute Gasteiger partial charge is 0.359 e. The summed E-state index contributed by atoms with van der Waals surface area (Å²) < 4.78 is 12.1. The van der Waals surface area contributed by atoms with Crippen LogP contribution in [-0.2, 0) is 29.0 Å². The van der Waals surface area contributed by atoms with E-state index in [9.17, 15) is 9.59 Å². The summed E-state index contributed by atoms with van der Waals surface area (Å²) in [4.78, 5) is 30.5. The minimum Gasteiger partial charge on any atom is -0.461 e. The van der Waals surface area contributed by atoms with Gasteiger partial charge in [-0.3, -0.25) is 9.48 Å². The van der Waals surface area contributed by atoms with Crippen LogP contribution in [0.25, 0.3) is 10.9 Å². The molecule has 1 aliphatic rings. The second kappa shape index (κ2) is 8.08. The molecule has 3 heterocycles. The number of hydrogen-bond donors (Lipinski definition) is 1.